The van der Waals surface area contributed by atoms with E-state index in [1.54, 1.807) is 6.08 Å². The molecule has 0 aromatic heterocycles. The fourth-order valence-electron chi connectivity index (χ4n) is 1.98. The van der Waals surface area contributed by atoms with Crippen LogP contribution in [0.1, 0.15) is 32.6 Å². The maximum Gasteiger partial charge on any atom is 0.0780 e. The number of alkyl halides is 2. The van der Waals surface area contributed by atoms with Gasteiger partial charge in [-0.2, -0.15) is 0 Å². The zero-order valence-corrected chi connectivity index (χ0v) is 13.0. The van der Waals surface area contributed by atoms with E-state index in [9.17, 15) is 0 Å². The molecule has 0 fully saturated rings. The van der Waals surface area contributed by atoms with Crippen molar-refractivity contribution in [3.05, 3.63) is 24.3 Å². The lowest BCUT2D eigenvalue weighted by atomic mass is 10.1. The Kier molecular flexibility index (Phi) is 7.74. The molecule has 1 nitrogen and oxygen atoms in total. The first-order chi connectivity index (χ1) is 8.69. The minimum absolute atomic E-state index is 0.00414. The van der Waals surface area contributed by atoms with Crippen molar-refractivity contribution < 1.29 is 4.74 Å². The van der Waals surface area contributed by atoms with Gasteiger partial charge in [-0.25, -0.2) is 0 Å². The molecular weight excluding hydrogens is 312 g/mol. The van der Waals surface area contributed by atoms with Crippen molar-refractivity contribution >= 4 is 27.5 Å². The highest BCUT2D eigenvalue weighted by atomic mass is 79.9. The zero-order chi connectivity index (χ0) is 13.4. The molecule has 0 bridgehead atoms. The fraction of sp³-hybridized carbons (Fsp3) is 0.600. The third-order valence-electron chi connectivity index (χ3n) is 3.03. The van der Waals surface area contributed by atoms with Gasteiger partial charge < -0.3 is 4.74 Å². The summed E-state index contributed by atoms with van der Waals surface area (Å²) in [6.45, 7) is 2.14. The van der Waals surface area contributed by atoms with Gasteiger partial charge in [0.1, 0.15) is 0 Å². The Morgan fingerprint density at radius 3 is 2.83 bits per heavy atom. The number of allylic oxidation sites excluding steroid dienone is 3. The minimum Gasteiger partial charge on any atom is -0.372 e. The van der Waals surface area contributed by atoms with Crippen molar-refractivity contribution in [3.8, 4) is 12.3 Å². The zero-order valence-electron chi connectivity index (χ0n) is 10.7. The molecule has 0 saturated carbocycles. The summed E-state index contributed by atoms with van der Waals surface area (Å²) in [6.07, 6.45) is 17.0. The first-order valence-corrected chi connectivity index (χ1v) is 7.74. The number of rotatable bonds is 3. The molecule has 18 heavy (non-hydrogen) atoms. The summed E-state index contributed by atoms with van der Waals surface area (Å²) in [5.41, 5.74) is 0. The quantitative estimate of drug-likeness (QED) is 0.422. The van der Waals surface area contributed by atoms with Crippen LogP contribution in [-0.2, 0) is 4.74 Å². The molecule has 0 aliphatic carbocycles. The van der Waals surface area contributed by atoms with Gasteiger partial charge in [-0.15, -0.1) is 18.0 Å². The first-order valence-electron chi connectivity index (χ1n) is 6.38. The SMILES string of the molecule is C#C/C=C\C[C@@H]1O[C@@H](CC)[C@H](Br)C/C=C\C[C@H]1Cl. The summed E-state index contributed by atoms with van der Waals surface area (Å²) in [7, 11) is 0. The number of halogens is 2. The summed E-state index contributed by atoms with van der Waals surface area (Å²) >= 11 is 10.1. The van der Waals surface area contributed by atoms with Crippen LogP contribution in [0.2, 0.25) is 0 Å². The smallest absolute Gasteiger partial charge is 0.0780 e. The molecule has 0 N–H and O–H groups in total. The Labute approximate surface area is 124 Å². The van der Waals surface area contributed by atoms with Crippen molar-refractivity contribution in [1.82, 2.24) is 0 Å². The van der Waals surface area contributed by atoms with Crippen LogP contribution in [-0.4, -0.2) is 22.4 Å². The topological polar surface area (TPSA) is 9.23 Å². The van der Waals surface area contributed by atoms with Gasteiger partial charge in [0, 0.05) is 4.83 Å². The Hall–Kier alpha value is -0.230. The van der Waals surface area contributed by atoms with E-state index in [0.29, 0.717) is 4.83 Å². The van der Waals surface area contributed by atoms with E-state index >= 15 is 0 Å². The van der Waals surface area contributed by atoms with E-state index in [1.165, 1.54) is 0 Å². The Morgan fingerprint density at radius 1 is 1.44 bits per heavy atom. The maximum absolute atomic E-state index is 6.40. The molecule has 0 spiro atoms. The van der Waals surface area contributed by atoms with Crippen molar-refractivity contribution in [2.45, 2.75) is 55.0 Å². The largest absolute Gasteiger partial charge is 0.372 e. The van der Waals surface area contributed by atoms with Crippen molar-refractivity contribution in [2.24, 2.45) is 0 Å². The van der Waals surface area contributed by atoms with Gasteiger partial charge in [0.2, 0.25) is 0 Å². The van der Waals surface area contributed by atoms with Crippen LogP contribution in [0.25, 0.3) is 0 Å². The summed E-state index contributed by atoms with van der Waals surface area (Å²) in [5.74, 6) is 2.49. The number of hydrogen-bond donors (Lipinski definition) is 0. The van der Waals surface area contributed by atoms with Crippen LogP contribution in [0.5, 0.6) is 0 Å². The van der Waals surface area contributed by atoms with E-state index in [4.69, 9.17) is 22.8 Å². The average Bonchev–Trinajstić information content (AvgIpc) is 2.43. The normalized spacial score (nSPS) is 35.4. The van der Waals surface area contributed by atoms with Gasteiger partial charge in [0.15, 0.2) is 0 Å². The Bertz CT molecular complexity index is 332. The highest BCUT2D eigenvalue weighted by Gasteiger charge is 2.26. The second kappa shape index (κ2) is 8.80. The molecule has 0 saturated heterocycles. The Balaban J connectivity index is 2.73. The van der Waals surface area contributed by atoms with Gasteiger partial charge in [-0.1, -0.05) is 47.0 Å². The summed E-state index contributed by atoms with van der Waals surface area (Å²) in [4.78, 5) is 0.347. The summed E-state index contributed by atoms with van der Waals surface area (Å²) in [5, 5.41) is -0.00414. The van der Waals surface area contributed by atoms with Crippen LogP contribution < -0.4 is 0 Å². The summed E-state index contributed by atoms with van der Waals surface area (Å²) < 4.78 is 6.15. The van der Waals surface area contributed by atoms with Crippen LogP contribution in [0.3, 0.4) is 0 Å². The average molecular weight is 332 g/mol. The molecule has 3 heteroatoms. The van der Waals surface area contributed by atoms with E-state index < -0.39 is 0 Å². The van der Waals surface area contributed by atoms with Crippen LogP contribution in [0.15, 0.2) is 24.3 Å². The lowest BCUT2D eigenvalue weighted by molar-refractivity contribution is -0.0123. The lowest BCUT2D eigenvalue weighted by Gasteiger charge is -2.28. The molecule has 0 radical (unpaired) electrons. The highest BCUT2D eigenvalue weighted by molar-refractivity contribution is 9.09. The number of terminal acetylenes is 1. The monoisotopic (exact) mass is 330 g/mol. The van der Waals surface area contributed by atoms with Gasteiger partial charge in [0.25, 0.3) is 0 Å². The molecule has 1 aliphatic heterocycles. The summed E-state index contributed by atoms with van der Waals surface area (Å²) in [6, 6.07) is 0. The predicted molar refractivity (Wildman–Crippen MR) is 82.3 cm³/mol. The highest BCUT2D eigenvalue weighted by Crippen LogP contribution is 2.26. The standard InChI is InChI=1S/C15H20BrClO/c1-3-5-6-11-15-13(17)10-8-7-9-12(16)14(4-2)18-15/h1,5-8,12-15H,4,9-11H2,2H3/b6-5-,8-7-/t12-,13-,14+,15+/m1/s1. The predicted octanol–water partition coefficient (Wildman–Crippen LogP) is 4.45. The molecule has 100 valence electrons. The molecule has 0 aromatic rings. The molecule has 0 amide bonds. The van der Waals surface area contributed by atoms with Crippen LogP contribution in [0, 0.1) is 12.3 Å². The van der Waals surface area contributed by atoms with E-state index in [-0.39, 0.29) is 17.6 Å². The second-order valence-corrected chi connectivity index (χ2v) is 6.14. The number of hydrogen-bond acceptors (Lipinski definition) is 1. The van der Waals surface area contributed by atoms with Crippen LogP contribution in [0.4, 0.5) is 0 Å². The molecule has 1 heterocycles. The molecular formula is C15H20BrClO. The lowest BCUT2D eigenvalue weighted by Crippen LogP contribution is -2.33. The van der Waals surface area contributed by atoms with Gasteiger partial charge >= 0.3 is 0 Å². The van der Waals surface area contributed by atoms with Crippen molar-refractivity contribution in [2.75, 3.05) is 0 Å². The van der Waals surface area contributed by atoms with Gasteiger partial charge in [-0.05, 0) is 31.8 Å². The molecule has 0 unspecified atom stereocenters. The second-order valence-electron chi connectivity index (χ2n) is 4.40. The third kappa shape index (κ3) is 5.18. The Morgan fingerprint density at radius 2 is 2.17 bits per heavy atom. The molecule has 4 atom stereocenters. The maximum atomic E-state index is 6.40. The van der Waals surface area contributed by atoms with E-state index in [1.807, 2.05) is 6.08 Å². The van der Waals surface area contributed by atoms with Crippen molar-refractivity contribution in [1.29, 1.82) is 0 Å². The van der Waals surface area contributed by atoms with Crippen molar-refractivity contribution in [3.63, 3.8) is 0 Å². The number of ether oxygens (including phenoxy) is 1. The van der Waals surface area contributed by atoms with Crippen LogP contribution >= 0.6 is 27.5 Å². The first kappa shape index (κ1) is 15.8. The van der Waals surface area contributed by atoms with E-state index in [0.717, 1.165) is 25.7 Å². The van der Waals surface area contributed by atoms with Gasteiger partial charge in [0.05, 0.1) is 17.6 Å². The van der Waals surface area contributed by atoms with Gasteiger partial charge in [-0.3, -0.25) is 0 Å². The minimum atomic E-state index is -0.00414. The third-order valence-corrected chi connectivity index (χ3v) is 4.45. The molecule has 0 aromatic carbocycles. The molecule has 1 aliphatic rings. The van der Waals surface area contributed by atoms with E-state index in [2.05, 4.69) is 40.9 Å². The fourth-order valence-corrected chi connectivity index (χ4v) is 2.96. The molecule has 1 rings (SSSR count).